The Balaban J connectivity index is 2.15. The zero-order chi connectivity index (χ0) is 26.2. The van der Waals surface area contributed by atoms with E-state index in [0.717, 1.165) is 21.9 Å². The minimum absolute atomic E-state index is 0.119. The molecule has 2 amide bonds. The summed E-state index contributed by atoms with van der Waals surface area (Å²) in [4.78, 5) is 27.6. The van der Waals surface area contributed by atoms with Gasteiger partial charge in [0.05, 0.1) is 11.9 Å². The summed E-state index contributed by atoms with van der Waals surface area (Å²) in [7, 11) is -3.51. The van der Waals surface area contributed by atoms with Gasteiger partial charge in [0.2, 0.25) is 21.8 Å². The molecule has 1 atom stereocenters. The number of amides is 2. The largest absolute Gasteiger partial charge is 0.354 e. The fraction of sp³-hybridized carbons (Fsp3) is 0.462. The first-order chi connectivity index (χ1) is 16.4. The first kappa shape index (κ1) is 28.8. The van der Waals surface area contributed by atoms with Crippen molar-refractivity contribution in [1.82, 2.24) is 10.2 Å². The van der Waals surface area contributed by atoms with E-state index in [9.17, 15) is 18.0 Å². The third-order valence-corrected chi connectivity index (χ3v) is 7.26. The maximum Gasteiger partial charge on any atom is 0.242 e. The van der Waals surface area contributed by atoms with Crippen molar-refractivity contribution in [3.8, 4) is 0 Å². The van der Waals surface area contributed by atoms with E-state index in [4.69, 9.17) is 0 Å². The van der Waals surface area contributed by atoms with Crippen LogP contribution in [0.3, 0.4) is 0 Å². The molecule has 0 aromatic heterocycles. The van der Waals surface area contributed by atoms with E-state index in [1.807, 2.05) is 57.2 Å². The average Bonchev–Trinajstić information content (AvgIpc) is 2.78. The van der Waals surface area contributed by atoms with Crippen LogP contribution in [-0.2, 0) is 26.2 Å². The molecule has 0 aliphatic rings. The van der Waals surface area contributed by atoms with E-state index >= 15 is 0 Å². The number of nitrogens with one attached hydrogen (secondary N) is 1. The molecule has 0 heterocycles. The Bertz CT molecular complexity index is 1100. The van der Waals surface area contributed by atoms with Crippen molar-refractivity contribution in [3.63, 3.8) is 0 Å². The molecule has 0 aliphatic carbocycles. The number of hydrogen-bond acceptors (Lipinski definition) is 4. The fourth-order valence-corrected chi connectivity index (χ4v) is 4.99. The lowest BCUT2D eigenvalue weighted by Gasteiger charge is -2.29. The van der Waals surface area contributed by atoms with E-state index in [2.05, 4.69) is 21.2 Å². The summed E-state index contributed by atoms with van der Waals surface area (Å²) in [6.45, 7) is 8.66. The molecule has 0 fully saturated rings. The van der Waals surface area contributed by atoms with Gasteiger partial charge in [0.25, 0.3) is 0 Å². The molecule has 35 heavy (non-hydrogen) atoms. The predicted octanol–water partition coefficient (Wildman–Crippen LogP) is 4.49. The Morgan fingerprint density at radius 3 is 2.29 bits per heavy atom. The summed E-state index contributed by atoms with van der Waals surface area (Å²) in [6, 6.07) is 14.2. The van der Waals surface area contributed by atoms with Gasteiger partial charge in [-0.2, -0.15) is 0 Å². The molecule has 7 nitrogen and oxygen atoms in total. The van der Waals surface area contributed by atoms with Gasteiger partial charge < -0.3 is 10.2 Å². The molecule has 0 unspecified atom stereocenters. The Kier molecular flexibility index (Phi) is 10.8. The predicted molar refractivity (Wildman–Crippen MR) is 145 cm³/mol. The van der Waals surface area contributed by atoms with Crippen LogP contribution in [0, 0.1) is 12.8 Å². The van der Waals surface area contributed by atoms with Crippen LogP contribution in [0.2, 0.25) is 0 Å². The quantitative estimate of drug-likeness (QED) is 0.410. The van der Waals surface area contributed by atoms with E-state index in [1.54, 1.807) is 24.0 Å². The second-order valence-electron chi connectivity index (χ2n) is 9.24. The molecule has 0 bridgehead atoms. The van der Waals surface area contributed by atoms with Crippen molar-refractivity contribution < 1.29 is 18.0 Å². The maximum atomic E-state index is 13.3. The van der Waals surface area contributed by atoms with Crippen LogP contribution in [0.5, 0.6) is 0 Å². The third-order valence-electron chi connectivity index (χ3n) is 5.57. The van der Waals surface area contributed by atoms with Gasteiger partial charge in [-0.15, -0.1) is 0 Å². The first-order valence-corrected chi connectivity index (χ1v) is 14.4. The summed E-state index contributed by atoms with van der Waals surface area (Å²) in [5, 5.41) is 2.90. The highest BCUT2D eigenvalue weighted by Gasteiger charge is 2.26. The molecular formula is C26H36BrN3O4S. The minimum Gasteiger partial charge on any atom is -0.354 e. The van der Waals surface area contributed by atoms with E-state index in [1.165, 1.54) is 4.31 Å². The Labute approximate surface area is 218 Å². The van der Waals surface area contributed by atoms with E-state index < -0.39 is 16.1 Å². The molecule has 0 spiro atoms. The maximum absolute atomic E-state index is 13.3. The Morgan fingerprint density at radius 1 is 1.06 bits per heavy atom. The summed E-state index contributed by atoms with van der Waals surface area (Å²) >= 11 is 3.45. The number of benzene rings is 2. The summed E-state index contributed by atoms with van der Waals surface area (Å²) in [5.74, 6) is -0.113. The van der Waals surface area contributed by atoms with Crippen molar-refractivity contribution in [2.24, 2.45) is 5.92 Å². The summed E-state index contributed by atoms with van der Waals surface area (Å²) in [6.07, 6.45) is 1.61. The molecule has 2 aromatic rings. The van der Waals surface area contributed by atoms with Gasteiger partial charge in [-0.05, 0) is 56.0 Å². The summed E-state index contributed by atoms with van der Waals surface area (Å²) in [5.41, 5.74) is 2.50. The lowest BCUT2D eigenvalue weighted by atomic mass is 10.1. The van der Waals surface area contributed by atoms with Crippen molar-refractivity contribution in [1.29, 1.82) is 0 Å². The number of aryl methyl sites for hydroxylation is 1. The lowest BCUT2D eigenvalue weighted by molar-refractivity contribution is -0.140. The van der Waals surface area contributed by atoms with Crippen LogP contribution in [0.4, 0.5) is 5.69 Å². The van der Waals surface area contributed by atoms with Crippen LogP contribution in [0.15, 0.2) is 53.0 Å². The normalized spacial score (nSPS) is 12.3. The van der Waals surface area contributed by atoms with Crippen LogP contribution >= 0.6 is 15.9 Å². The smallest absolute Gasteiger partial charge is 0.242 e. The second kappa shape index (κ2) is 13.1. The van der Waals surface area contributed by atoms with Gasteiger partial charge in [-0.3, -0.25) is 13.9 Å². The van der Waals surface area contributed by atoms with Gasteiger partial charge in [-0.25, -0.2) is 8.42 Å². The number of carbonyl (C=O) groups is 2. The number of nitrogens with zero attached hydrogens (tertiary/aromatic N) is 2. The molecule has 1 N–H and O–H groups in total. The fourth-order valence-electron chi connectivity index (χ4n) is 3.58. The number of rotatable bonds is 12. The Hall–Kier alpha value is -2.39. The van der Waals surface area contributed by atoms with Gasteiger partial charge in [0, 0.05) is 30.5 Å². The standard InChI is InChI=1S/C26H36BrN3O4S/c1-19(2)17-28-26(32)21(4)29(18-22-8-6-9-23(27)16-22)25(31)10-7-15-30(35(5,33)34)24-13-11-20(3)12-14-24/h6,8-9,11-14,16,19,21H,7,10,15,17-18H2,1-5H3,(H,28,32)/t21-/m1/s1. The number of hydrogen-bond donors (Lipinski definition) is 1. The number of carbonyl (C=O) groups excluding carboxylic acids is 2. The van der Waals surface area contributed by atoms with Gasteiger partial charge in [0.1, 0.15) is 6.04 Å². The second-order valence-corrected chi connectivity index (χ2v) is 12.1. The molecule has 0 aliphatic heterocycles. The van der Waals surface area contributed by atoms with Gasteiger partial charge >= 0.3 is 0 Å². The number of anilines is 1. The van der Waals surface area contributed by atoms with Crippen molar-refractivity contribution in [2.45, 2.75) is 53.1 Å². The average molecular weight is 567 g/mol. The van der Waals surface area contributed by atoms with Crippen LogP contribution in [0.25, 0.3) is 0 Å². The number of halogens is 1. The first-order valence-electron chi connectivity index (χ1n) is 11.7. The highest BCUT2D eigenvalue weighted by atomic mass is 79.9. The third kappa shape index (κ3) is 9.29. The molecule has 9 heteroatoms. The highest BCUT2D eigenvalue weighted by molar-refractivity contribution is 9.10. The molecule has 2 aromatic carbocycles. The molecule has 2 rings (SSSR count). The zero-order valence-corrected chi connectivity index (χ0v) is 23.5. The zero-order valence-electron chi connectivity index (χ0n) is 21.1. The van der Waals surface area contributed by atoms with Gasteiger partial charge in [0.15, 0.2) is 0 Å². The molecule has 0 radical (unpaired) electrons. The van der Waals surface area contributed by atoms with Crippen LogP contribution < -0.4 is 9.62 Å². The van der Waals surface area contributed by atoms with Crippen LogP contribution in [-0.4, -0.2) is 50.5 Å². The topological polar surface area (TPSA) is 86.8 Å². The molecule has 0 saturated heterocycles. The monoisotopic (exact) mass is 565 g/mol. The van der Waals surface area contributed by atoms with Gasteiger partial charge in [-0.1, -0.05) is 59.6 Å². The minimum atomic E-state index is -3.51. The lowest BCUT2D eigenvalue weighted by Crippen LogP contribution is -2.48. The van der Waals surface area contributed by atoms with E-state index in [-0.39, 0.29) is 31.3 Å². The van der Waals surface area contributed by atoms with Crippen molar-refractivity contribution >= 4 is 43.5 Å². The molecule has 192 valence electrons. The van der Waals surface area contributed by atoms with Crippen molar-refractivity contribution in [2.75, 3.05) is 23.7 Å². The van der Waals surface area contributed by atoms with E-state index in [0.29, 0.717) is 24.6 Å². The highest BCUT2D eigenvalue weighted by Crippen LogP contribution is 2.20. The SMILES string of the molecule is Cc1ccc(N(CCCC(=O)N(Cc2cccc(Br)c2)[C@H](C)C(=O)NCC(C)C)S(C)(=O)=O)cc1. The molecule has 0 saturated carbocycles. The molecular weight excluding hydrogens is 530 g/mol. The van der Waals surface area contributed by atoms with Crippen LogP contribution in [0.1, 0.15) is 44.7 Å². The number of sulfonamides is 1. The Morgan fingerprint density at radius 2 is 1.71 bits per heavy atom. The summed E-state index contributed by atoms with van der Waals surface area (Å²) < 4.78 is 27.0. The van der Waals surface area contributed by atoms with Crippen molar-refractivity contribution in [3.05, 3.63) is 64.1 Å².